The summed E-state index contributed by atoms with van der Waals surface area (Å²) in [6, 6.07) is 15.0. The smallest absolute Gasteiger partial charge is 0.416 e. The first kappa shape index (κ1) is 25.4. The number of alkyl halides is 3. The van der Waals surface area contributed by atoms with Crippen LogP contribution in [0.15, 0.2) is 66.7 Å². The minimum atomic E-state index is -4.47. The first-order valence-corrected chi connectivity index (χ1v) is 11.8. The largest absolute Gasteiger partial charge is 0.496 e. The number of benzene rings is 3. The molecule has 3 nitrogen and oxygen atoms in total. The summed E-state index contributed by atoms with van der Waals surface area (Å²) in [5.74, 6) is 1.06. The number of para-hydroxylation sites is 1. The zero-order valence-corrected chi connectivity index (χ0v) is 21.1. The number of nitrogens with one attached hydrogen (secondary N) is 1. The van der Waals surface area contributed by atoms with Crippen molar-refractivity contribution < 1.29 is 22.6 Å². The molecule has 0 saturated heterocycles. The molecule has 1 heterocycles. The van der Waals surface area contributed by atoms with Crippen molar-refractivity contribution in [1.29, 1.82) is 0 Å². The maximum absolute atomic E-state index is 13.6. The van der Waals surface area contributed by atoms with Crippen LogP contribution in [0.2, 0.25) is 0 Å². The number of hydrogen-bond acceptors (Lipinski definition) is 3. The summed E-state index contributed by atoms with van der Waals surface area (Å²) in [6.07, 6.45) is 1.55. The lowest BCUT2D eigenvalue weighted by Crippen LogP contribution is -2.32. The Balaban J connectivity index is 1.91. The monoisotopic (exact) mass is 493 g/mol. The van der Waals surface area contributed by atoms with Gasteiger partial charge in [0.15, 0.2) is 0 Å². The van der Waals surface area contributed by atoms with Crippen LogP contribution in [0, 0.1) is 0 Å². The van der Waals surface area contributed by atoms with Gasteiger partial charge in [0.05, 0.1) is 18.2 Å². The molecule has 0 bridgehead atoms. The van der Waals surface area contributed by atoms with E-state index in [1.807, 2.05) is 62.4 Å². The summed E-state index contributed by atoms with van der Waals surface area (Å²) >= 11 is 0. The molecule has 0 aliphatic carbocycles. The van der Waals surface area contributed by atoms with Gasteiger partial charge in [0, 0.05) is 27.9 Å². The molecule has 0 saturated carbocycles. The van der Waals surface area contributed by atoms with Crippen molar-refractivity contribution in [2.24, 2.45) is 0 Å². The normalized spacial score (nSPS) is 14.7. The lowest BCUT2D eigenvalue weighted by molar-refractivity contribution is -0.137. The molecule has 0 fully saturated rings. The quantitative estimate of drug-likeness (QED) is 0.373. The first-order valence-electron chi connectivity index (χ1n) is 11.8. The number of rotatable bonds is 6. The average Bonchev–Trinajstić information content (AvgIpc) is 2.81. The van der Waals surface area contributed by atoms with Gasteiger partial charge in [-0.2, -0.15) is 13.2 Å². The van der Waals surface area contributed by atoms with Gasteiger partial charge in [-0.3, -0.25) is 0 Å². The van der Waals surface area contributed by atoms with Gasteiger partial charge in [-0.1, -0.05) is 42.5 Å². The number of methoxy groups -OCH3 is 1. The van der Waals surface area contributed by atoms with E-state index < -0.39 is 11.7 Å². The van der Waals surface area contributed by atoms with Crippen molar-refractivity contribution in [3.63, 3.8) is 0 Å². The van der Waals surface area contributed by atoms with E-state index in [9.17, 15) is 13.2 Å². The van der Waals surface area contributed by atoms with Crippen molar-refractivity contribution in [2.75, 3.05) is 12.4 Å². The third kappa shape index (κ3) is 5.13. The Bertz CT molecular complexity index is 1340. The molecular weight excluding hydrogens is 463 g/mol. The van der Waals surface area contributed by atoms with Gasteiger partial charge in [-0.05, 0) is 69.2 Å². The maximum Gasteiger partial charge on any atom is 0.416 e. The molecule has 3 aromatic rings. The highest BCUT2D eigenvalue weighted by Crippen LogP contribution is 2.44. The lowest BCUT2D eigenvalue weighted by Gasteiger charge is -2.33. The van der Waals surface area contributed by atoms with Crippen molar-refractivity contribution in [3.05, 3.63) is 89.0 Å². The molecule has 0 atom stereocenters. The molecule has 1 aliphatic heterocycles. The molecular formula is C30H30F3NO2. The predicted molar refractivity (Wildman–Crippen MR) is 140 cm³/mol. The molecule has 1 N–H and O–H groups in total. The third-order valence-corrected chi connectivity index (χ3v) is 6.20. The van der Waals surface area contributed by atoms with E-state index in [0.29, 0.717) is 22.6 Å². The van der Waals surface area contributed by atoms with Crippen LogP contribution >= 0.6 is 0 Å². The van der Waals surface area contributed by atoms with E-state index in [1.54, 1.807) is 0 Å². The highest BCUT2D eigenvalue weighted by Gasteiger charge is 2.32. The Morgan fingerprint density at radius 2 is 1.72 bits per heavy atom. The Morgan fingerprint density at radius 1 is 0.972 bits per heavy atom. The van der Waals surface area contributed by atoms with E-state index in [0.717, 1.165) is 40.1 Å². The Morgan fingerprint density at radius 3 is 2.42 bits per heavy atom. The first-order chi connectivity index (χ1) is 17.0. The summed E-state index contributed by atoms with van der Waals surface area (Å²) < 4.78 is 52.7. The molecule has 4 rings (SSSR count). The van der Waals surface area contributed by atoms with Gasteiger partial charge in [-0.15, -0.1) is 0 Å². The number of ether oxygens (including phenoxy) is 2. The van der Waals surface area contributed by atoms with Gasteiger partial charge in [0.2, 0.25) is 0 Å². The molecule has 0 spiro atoms. The SMILES string of the molecule is C/C=C/c1ccccc1OCc1c(-c2cc(C(F)(F)F)ccc2OC)ccc2c1C(C)=CC(C)(C)N2. The molecule has 0 aromatic heterocycles. The summed E-state index contributed by atoms with van der Waals surface area (Å²) in [7, 11) is 1.46. The zero-order valence-electron chi connectivity index (χ0n) is 21.1. The molecule has 0 unspecified atom stereocenters. The number of allylic oxidation sites excluding steroid dienone is 2. The van der Waals surface area contributed by atoms with E-state index in [4.69, 9.17) is 9.47 Å². The average molecular weight is 494 g/mol. The van der Waals surface area contributed by atoms with Crippen molar-refractivity contribution in [3.8, 4) is 22.6 Å². The van der Waals surface area contributed by atoms with E-state index in [2.05, 4.69) is 25.2 Å². The van der Waals surface area contributed by atoms with E-state index in [-0.39, 0.29) is 12.1 Å². The van der Waals surface area contributed by atoms with Crippen LogP contribution in [0.3, 0.4) is 0 Å². The highest BCUT2D eigenvalue weighted by molar-refractivity contribution is 5.88. The van der Waals surface area contributed by atoms with Crippen LogP contribution in [0.5, 0.6) is 11.5 Å². The van der Waals surface area contributed by atoms with Crippen molar-refractivity contribution >= 4 is 17.3 Å². The van der Waals surface area contributed by atoms with Gasteiger partial charge < -0.3 is 14.8 Å². The standard InChI is InChI=1S/C30H30F3NO2/c1-6-9-20-10-7-8-11-26(20)36-18-24-22(13-14-25-28(24)19(2)17-29(3,4)34-25)23-16-21(30(31,32)33)12-15-27(23)35-5/h6-17,34H,18H2,1-5H3/b9-6+. The lowest BCUT2D eigenvalue weighted by atomic mass is 9.85. The van der Waals surface area contributed by atoms with Crippen molar-refractivity contribution in [1.82, 2.24) is 0 Å². The van der Waals surface area contributed by atoms with E-state index in [1.165, 1.54) is 13.2 Å². The molecule has 0 amide bonds. The Hall–Kier alpha value is -3.67. The fourth-order valence-corrected chi connectivity index (χ4v) is 4.78. The molecule has 1 aliphatic rings. The zero-order chi connectivity index (χ0) is 26.1. The molecule has 36 heavy (non-hydrogen) atoms. The van der Waals surface area contributed by atoms with Gasteiger partial charge in [0.1, 0.15) is 18.1 Å². The van der Waals surface area contributed by atoms with Gasteiger partial charge in [0.25, 0.3) is 0 Å². The Kier molecular flexibility index (Phi) is 6.90. The summed E-state index contributed by atoms with van der Waals surface area (Å²) in [6.45, 7) is 8.27. The Labute approximate surface area is 210 Å². The molecule has 6 heteroatoms. The number of anilines is 1. The van der Waals surface area contributed by atoms with Gasteiger partial charge >= 0.3 is 6.18 Å². The third-order valence-electron chi connectivity index (χ3n) is 6.20. The van der Waals surface area contributed by atoms with Gasteiger partial charge in [-0.25, -0.2) is 0 Å². The second-order valence-electron chi connectivity index (χ2n) is 9.43. The minimum absolute atomic E-state index is 0.166. The molecule has 3 aromatic carbocycles. The van der Waals surface area contributed by atoms with Crippen LogP contribution in [-0.4, -0.2) is 12.6 Å². The number of halogens is 3. The van der Waals surface area contributed by atoms with Crippen LogP contribution in [0.1, 0.15) is 49.9 Å². The topological polar surface area (TPSA) is 30.5 Å². The maximum atomic E-state index is 13.6. The fourth-order valence-electron chi connectivity index (χ4n) is 4.78. The van der Waals surface area contributed by atoms with Crippen LogP contribution in [0.4, 0.5) is 18.9 Å². The highest BCUT2D eigenvalue weighted by atomic mass is 19.4. The predicted octanol–water partition coefficient (Wildman–Crippen LogP) is 8.60. The van der Waals surface area contributed by atoms with E-state index >= 15 is 0 Å². The summed E-state index contributed by atoms with van der Waals surface area (Å²) in [5, 5.41) is 3.53. The number of fused-ring (bicyclic) bond motifs is 1. The summed E-state index contributed by atoms with van der Waals surface area (Å²) in [4.78, 5) is 0. The van der Waals surface area contributed by atoms with Crippen LogP contribution in [-0.2, 0) is 12.8 Å². The second kappa shape index (κ2) is 9.76. The second-order valence-corrected chi connectivity index (χ2v) is 9.43. The fraction of sp³-hybridized carbons (Fsp3) is 0.267. The minimum Gasteiger partial charge on any atom is -0.496 e. The summed E-state index contributed by atoms with van der Waals surface area (Å²) in [5.41, 5.74) is 4.59. The molecule has 188 valence electrons. The van der Waals surface area contributed by atoms with Crippen LogP contribution in [0.25, 0.3) is 22.8 Å². The van der Waals surface area contributed by atoms with Crippen molar-refractivity contribution in [2.45, 2.75) is 46.0 Å². The van der Waals surface area contributed by atoms with Crippen LogP contribution < -0.4 is 14.8 Å². The number of hydrogen-bond donors (Lipinski definition) is 1. The molecule has 0 radical (unpaired) electrons.